The number of nitrogens with one attached hydrogen (secondary N) is 2. The largest absolute Gasteiger partial charge is 0.391 e. The number of anilines is 1. The van der Waals surface area contributed by atoms with Gasteiger partial charge in [-0.15, -0.1) is 0 Å². The summed E-state index contributed by atoms with van der Waals surface area (Å²) < 4.78 is 1.75. The number of nitrogens with zero attached hydrogens (tertiary/aromatic N) is 2. The number of aliphatic hydroxyl groups excluding tert-OH is 1. The van der Waals surface area contributed by atoms with E-state index in [1.807, 2.05) is 18.2 Å². The molecule has 2 heterocycles. The lowest BCUT2D eigenvalue weighted by Gasteiger charge is -2.42. The molecule has 0 aromatic carbocycles. The molecule has 4 atom stereocenters. The number of hydrogen-bond donors (Lipinski definition) is 3. The second-order valence-electron chi connectivity index (χ2n) is 9.56. The molecule has 7 heteroatoms. The van der Waals surface area contributed by atoms with E-state index in [4.69, 9.17) is 0 Å². The van der Waals surface area contributed by atoms with Gasteiger partial charge in [-0.3, -0.25) is 14.0 Å². The number of rotatable bonds is 5. The molecule has 2 aromatic rings. The molecule has 3 aliphatic carbocycles. The predicted molar refractivity (Wildman–Crippen MR) is 118 cm³/mol. The molecule has 2 unspecified atom stereocenters. The number of pyridine rings is 1. The van der Waals surface area contributed by atoms with Crippen molar-refractivity contribution < 1.29 is 14.7 Å². The summed E-state index contributed by atoms with van der Waals surface area (Å²) >= 11 is 0. The zero-order valence-electron chi connectivity index (χ0n) is 17.7. The van der Waals surface area contributed by atoms with E-state index < -0.39 is 6.10 Å². The van der Waals surface area contributed by atoms with E-state index in [1.165, 1.54) is 12.8 Å². The van der Waals surface area contributed by atoms with Crippen molar-refractivity contribution in [1.29, 1.82) is 0 Å². The highest BCUT2D eigenvalue weighted by Crippen LogP contribution is 2.48. The summed E-state index contributed by atoms with van der Waals surface area (Å²) in [6.07, 6.45) is 14.2. The first-order valence-electron chi connectivity index (χ1n) is 11.4. The molecular weight excluding hydrogens is 392 g/mol. The quantitative estimate of drug-likeness (QED) is 0.643. The lowest BCUT2D eigenvalue weighted by molar-refractivity contribution is -0.119. The summed E-state index contributed by atoms with van der Waals surface area (Å²) in [4.78, 5) is 30.0. The van der Waals surface area contributed by atoms with E-state index in [2.05, 4.69) is 27.8 Å². The van der Waals surface area contributed by atoms with Crippen LogP contribution < -0.4 is 10.6 Å². The van der Waals surface area contributed by atoms with Gasteiger partial charge in [0.25, 0.3) is 5.91 Å². The second-order valence-corrected chi connectivity index (χ2v) is 9.56. The molecule has 0 saturated heterocycles. The normalized spacial score (nSPS) is 29.8. The molecule has 3 aliphatic rings. The molecule has 31 heavy (non-hydrogen) atoms. The lowest BCUT2D eigenvalue weighted by Crippen LogP contribution is -2.39. The monoisotopic (exact) mass is 422 g/mol. The van der Waals surface area contributed by atoms with Gasteiger partial charge in [-0.05, 0) is 68.4 Å². The summed E-state index contributed by atoms with van der Waals surface area (Å²) in [6.45, 7) is 0. The Kier molecular flexibility index (Phi) is 5.30. The number of fused-ring (bicyclic) bond motifs is 3. The minimum absolute atomic E-state index is 0.0113. The number of carbonyl (C=O) groups is 2. The highest BCUT2D eigenvalue weighted by molar-refractivity contribution is 5.94. The third kappa shape index (κ3) is 4.11. The molecule has 0 aliphatic heterocycles. The molecule has 2 fully saturated rings. The van der Waals surface area contributed by atoms with Crippen LogP contribution in [0.1, 0.15) is 68.3 Å². The highest BCUT2D eigenvalue weighted by Gasteiger charge is 2.38. The van der Waals surface area contributed by atoms with Crippen molar-refractivity contribution in [1.82, 2.24) is 14.7 Å². The number of allylic oxidation sites excluding steroid dienone is 2. The Hall–Kier alpha value is -2.67. The van der Waals surface area contributed by atoms with E-state index in [9.17, 15) is 14.7 Å². The Labute approximate surface area is 181 Å². The average Bonchev–Trinajstić information content (AvgIpc) is 3.35. The molecule has 164 valence electrons. The van der Waals surface area contributed by atoms with Crippen molar-refractivity contribution in [3.8, 4) is 0 Å². The molecule has 2 saturated carbocycles. The maximum atomic E-state index is 13.0. The fourth-order valence-corrected chi connectivity index (χ4v) is 5.69. The molecule has 5 rings (SSSR count). The SMILES string of the molecule is O=C(CC12CC=CC(CCC1)C2)Nc1cccc2nc(C(=O)N[C@@H]3CCC[C@H]3O)cn12. The first kappa shape index (κ1) is 20.2. The summed E-state index contributed by atoms with van der Waals surface area (Å²) in [6, 6.07) is 5.25. The number of aromatic nitrogens is 2. The van der Waals surface area contributed by atoms with Crippen molar-refractivity contribution in [2.45, 2.75) is 69.9 Å². The van der Waals surface area contributed by atoms with E-state index in [0.29, 0.717) is 30.2 Å². The third-order valence-corrected chi connectivity index (χ3v) is 7.26. The van der Waals surface area contributed by atoms with Gasteiger partial charge in [-0.2, -0.15) is 0 Å². The Morgan fingerprint density at radius 2 is 2.13 bits per heavy atom. The Morgan fingerprint density at radius 3 is 2.97 bits per heavy atom. The van der Waals surface area contributed by atoms with Crippen molar-refractivity contribution in [3.05, 3.63) is 42.2 Å². The molecule has 3 N–H and O–H groups in total. The highest BCUT2D eigenvalue weighted by atomic mass is 16.3. The molecule has 7 nitrogen and oxygen atoms in total. The Balaban J connectivity index is 1.30. The maximum Gasteiger partial charge on any atom is 0.271 e. The lowest BCUT2D eigenvalue weighted by atomic mass is 9.63. The van der Waals surface area contributed by atoms with Gasteiger partial charge in [0, 0.05) is 12.6 Å². The van der Waals surface area contributed by atoms with Gasteiger partial charge in [-0.25, -0.2) is 4.98 Å². The minimum atomic E-state index is -0.496. The van der Waals surface area contributed by atoms with Gasteiger partial charge in [0.05, 0.1) is 12.1 Å². The Morgan fingerprint density at radius 1 is 1.23 bits per heavy atom. The molecule has 2 amide bonds. The van der Waals surface area contributed by atoms with Crippen LogP contribution in [0.25, 0.3) is 5.65 Å². The summed E-state index contributed by atoms with van der Waals surface area (Å²) in [5.74, 6) is 0.946. The minimum Gasteiger partial charge on any atom is -0.391 e. The van der Waals surface area contributed by atoms with Crippen molar-refractivity contribution >= 4 is 23.3 Å². The van der Waals surface area contributed by atoms with Crippen molar-refractivity contribution in [3.63, 3.8) is 0 Å². The second kappa shape index (κ2) is 8.11. The molecule has 2 bridgehead atoms. The number of aliphatic hydroxyl groups is 1. The van der Waals surface area contributed by atoms with Crippen LogP contribution in [0, 0.1) is 11.3 Å². The Bertz CT molecular complexity index is 1030. The fourth-order valence-electron chi connectivity index (χ4n) is 5.69. The standard InChI is InChI=1S/C24H30N4O3/c29-19-8-1-7-17(19)26-23(31)18-15-28-20(25-18)9-2-10-21(28)27-22(30)14-24-11-3-5-16(13-24)6-4-12-24/h2-3,5,9-10,15-17,19,29H,1,4,6-8,11-14H2,(H,26,31)(H,27,30)/t16?,17-,19-,24?/m1/s1. The maximum absolute atomic E-state index is 13.0. The van der Waals surface area contributed by atoms with Crippen molar-refractivity contribution in [2.75, 3.05) is 5.32 Å². The van der Waals surface area contributed by atoms with Gasteiger partial charge in [-0.1, -0.05) is 24.6 Å². The number of carbonyl (C=O) groups excluding carboxylic acids is 2. The zero-order valence-corrected chi connectivity index (χ0v) is 17.7. The zero-order chi connectivity index (χ0) is 21.4. The predicted octanol–water partition coefficient (Wildman–Crippen LogP) is 3.44. The van der Waals surface area contributed by atoms with Crippen LogP contribution in [-0.2, 0) is 4.79 Å². The van der Waals surface area contributed by atoms with Crippen LogP contribution in [0.5, 0.6) is 0 Å². The van der Waals surface area contributed by atoms with E-state index in [-0.39, 0.29) is 29.0 Å². The molecular formula is C24H30N4O3. The molecule has 0 spiro atoms. The van der Waals surface area contributed by atoms with Gasteiger partial charge < -0.3 is 15.7 Å². The average molecular weight is 423 g/mol. The first-order chi connectivity index (χ1) is 15.0. The van der Waals surface area contributed by atoms with Gasteiger partial charge in [0.2, 0.25) is 5.91 Å². The smallest absolute Gasteiger partial charge is 0.271 e. The van der Waals surface area contributed by atoms with Gasteiger partial charge >= 0.3 is 0 Å². The van der Waals surface area contributed by atoms with Gasteiger partial charge in [0.1, 0.15) is 17.2 Å². The van der Waals surface area contributed by atoms with Crippen LogP contribution in [0.15, 0.2) is 36.5 Å². The van der Waals surface area contributed by atoms with Crippen LogP contribution >= 0.6 is 0 Å². The number of hydrogen-bond acceptors (Lipinski definition) is 4. The van der Waals surface area contributed by atoms with Gasteiger partial charge in [0.15, 0.2) is 0 Å². The van der Waals surface area contributed by atoms with Crippen molar-refractivity contribution in [2.24, 2.45) is 11.3 Å². The first-order valence-corrected chi connectivity index (χ1v) is 11.4. The summed E-state index contributed by atoms with van der Waals surface area (Å²) in [5.41, 5.74) is 0.968. The van der Waals surface area contributed by atoms with Crippen LogP contribution in [0.3, 0.4) is 0 Å². The third-order valence-electron chi connectivity index (χ3n) is 7.26. The number of imidazole rings is 1. The van der Waals surface area contributed by atoms with E-state index >= 15 is 0 Å². The van der Waals surface area contributed by atoms with E-state index in [0.717, 1.165) is 32.1 Å². The topological polar surface area (TPSA) is 95.7 Å². The molecule has 2 aromatic heterocycles. The van der Waals surface area contributed by atoms with Crippen LogP contribution in [-0.4, -0.2) is 38.5 Å². The number of amides is 2. The fraction of sp³-hybridized carbons (Fsp3) is 0.542. The summed E-state index contributed by atoms with van der Waals surface area (Å²) in [5, 5.41) is 15.9. The molecule has 0 radical (unpaired) electrons. The van der Waals surface area contributed by atoms with Crippen LogP contribution in [0.2, 0.25) is 0 Å². The summed E-state index contributed by atoms with van der Waals surface area (Å²) in [7, 11) is 0. The van der Waals surface area contributed by atoms with Crippen LogP contribution in [0.4, 0.5) is 5.82 Å². The van der Waals surface area contributed by atoms with E-state index in [1.54, 1.807) is 10.6 Å².